The first kappa shape index (κ1) is 15.5. The Bertz CT molecular complexity index is 336. The Kier molecular flexibility index (Phi) is 6.39. The van der Waals surface area contributed by atoms with E-state index < -0.39 is 5.97 Å². The molecule has 0 aliphatic heterocycles. The average molecular weight is 268 g/mol. The molecule has 0 aromatic heterocycles. The first-order valence-electron chi connectivity index (χ1n) is 6.90. The molecule has 1 fully saturated rings. The molecule has 5 nitrogen and oxygen atoms in total. The Morgan fingerprint density at radius 2 is 1.95 bits per heavy atom. The molecular formula is C14H24N2O3. The number of carbonyl (C=O) groups is 2. The summed E-state index contributed by atoms with van der Waals surface area (Å²) in [7, 11) is 0. The normalized spacial score (nSPS) is 17.4. The summed E-state index contributed by atoms with van der Waals surface area (Å²) >= 11 is 0. The quantitative estimate of drug-likeness (QED) is 0.593. The molecule has 0 radical (unpaired) electrons. The number of urea groups is 1. The zero-order valence-corrected chi connectivity index (χ0v) is 11.8. The fourth-order valence-corrected chi connectivity index (χ4v) is 2.04. The van der Waals surface area contributed by atoms with Gasteiger partial charge in [-0.1, -0.05) is 25.8 Å². The van der Waals surface area contributed by atoms with E-state index in [0.29, 0.717) is 12.1 Å². The van der Waals surface area contributed by atoms with Crippen molar-refractivity contribution in [2.45, 2.75) is 58.1 Å². The lowest BCUT2D eigenvalue weighted by Gasteiger charge is -2.23. The molecule has 0 spiro atoms. The highest BCUT2D eigenvalue weighted by atomic mass is 16.5. The number of carbonyl (C=O) groups excluding carboxylic acids is 2. The van der Waals surface area contributed by atoms with Gasteiger partial charge in [-0.2, -0.15) is 0 Å². The maximum Gasteiger partial charge on any atom is 0.333 e. The molecule has 1 aliphatic rings. The predicted octanol–water partition coefficient (Wildman–Crippen LogP) is 2.13. The number of ether oxygens (including phenoxy) is 1. The van der Waals surface area contributed by atoms with Gasteiger partial charge in [0.1, 0.15) is 6.10 Å². The second-order valence-electron chi connectivity index (χ2n) is 5.19. The third kappa shape index (κ3) is 6.27. The molecule has 0 heterocycles. The van der Waals surface area contributed by atoms with Crippen molar-refractivity contribution in [3.63, 3.8) is 0 Å². The van der Waals surface area contributed by atoms with E-state index in [4.69, 9.17) is 4.74 Å². The van der Waals surface area contributed by atoms with Gasteiger partial charge in [0.15, 0.2) is 0 Å². The SMILES string of the molecule is C=C(C)C(=O)OC(C)CNC(=O)NC1CCCCC1. The molecule has 2 N–H and O–H groups in total. The van der Waals surface area contributed by atoms with Gasteiger partial charge in [0, 0.05) is 11.6 Å². The van der Waals surface area contributed by atoms with E-state index in [1.165, 1.54) is 19.3 Å². The van der Waals surface area contributed by atoms with E-state index in [1.54, 1.807) is 13.8 Å². The minimum atomic E-state index is -0.429. The van der Waals surface area contributed by atoms with Crippen LogP contribution < -0.4 is 10.6 Å². The summed E-state index contributed by atoms with van der Waals surface area (Å²) in [6.07, 6.45) is 5.35. The van der Waals surface area contributed by atoms with Gasteiger partial charge in [-0.25, -0.2) is 9.59 Å². The highest BCUT2D eigenvalue weighted by Crippen LogP contribution is 2.17. The van der Waals surface area contributed by atoms with Crippen molar-refractivity contribution in [1.82, 2.24) is 10.6 Å². The van der Waals surface area contributed by atoms with Crippen LogP contribution >= 0.6 is 0 Å². The molecular weight excluding hydrogens is 244 g/mol. The van der Waals surface area contributed by atoms with Gasteiger partial charge in [-0.05, 0) is 26.7 Å². The number of nitrogens with one attached hydrogen (secondary N) is 2. The Labute approximate surface area is 114 Å². The standard InChI is InChI=1S/C14H24N2O3/c1-10(2)13(17)19-11(3)9-15-14(18)16-12-7-5-4-6-8-12/h11-12H,1,4-9H2,2-3H3,(H2,15,16,18). The molecule has 1 saturated carbocycles. The summed E-state index contributed by atoms with van der Waals surface area (Å²) in [6, 6.07) is 0.0900. The topological polar surface area (TPSA) is 67.4 Å². The van der Waals surface area contributed by atoms with Gasteiger partial charge in [0.25, 0.3) is 0 Å². The molecule has 0 aromatic carbocycles. The Balaban J connectivity index is 2.18. The fraction of sp³-hybridized carbons (Fsp3) is 0.714. The van der Waals surface area contributed by atoms with Crippen molar-refractivity contribution < 1.29 is 14.3 Å². The van der Waals surface area contributed by atoms with Gasteiger partial charge < -0.3 is 15.4 Å². The van der Waals surface area contributed by atoms with Crippen LogP contribution in [0, 0.1) is 0 Å². The smallest absolute Gasteiger partial charge is 0.333 e. The number of hydrogen-bond donors (Lipinski definition) is 2. The first-order chi connectivity index (χ1) is 8.99. The van der Waals surface area contributed by atoms with E-state index >= 15 is 0 Å². The van der Waals surface area contributed by atoms with Gasteiger partial charge >= 0.3 is 12.0 Å². The highest BCUT2D eigenvalue weighted by molar-refractivity contribution is 5.87. The van der Waals surface area contributed by atoms with E-state index in [1.807, 2.05) is 0 Å². The molecule has 1 rings (SSSR count). The van der Waals surface area contributed by atoms with Crippen LogP contribution in [0.15, 0.2) is 12.2 Å². The molecule has 0 saturated heterocycles. The average Bonchev–Trinajstić information content (AvgIpc) is 2.37. The Hall–Kier alpha value is -1.52. The molecule has 1 unspecified atom stereocenters. The number of rotatable bonds is 5. The summed E-state index contributed by atoms with van der Waals surface area (Å²) < 4.78 is 5.07. The number of hydrogen-bond acceptors (Lipinski definition) is 3. The van der Waals surface area contributed by atoms with Crippen LogP contribution in [-0.4, -0.2) is 30.7 Å². The summed E-state index contributed by atoms with van der Waals surface area (Å²) in [4.78, 5) is 22.9. The lowest BCUT2D eigenvalue weighted by Crippen LogP contribution is -2.45. The van der Waals surface area contributed by atoms with Crippen molar-refractivity contribution in [1.29, 1.82) is 0 Å². The van der Waals surface area contributed by atoms with Crippen molar-refractivity contribution in [2.75, 3.05) is 6.54 Å². The Morgan fingerprint density at radius 1 is 1.32 bits per heavy atom. The van der Waals surface area contributed by atoms with Crippen molar-refractivity contribution in [2.24, 2.45) is 0 Å². The molecule has 1 aliphatic carbocycles. The molecule has 1 atom stereocenters. The number of esters is 1. The molecule has 0 bridgehead atoms. The van der Waals surface area contributed by atoms with E-state index in [2.05, 4.69) is 17.2 Å². The van der Waals surface area contributed by atoms with Crippen molar-refractivity contribution >= 4 is 12.0 Å². The third-order valence-corrected chi connectivity index (χ3v) is 3.15. The molecule has 108 valence electrons. The molecule has 19 heavy (non-hydrogen) atoms. The van der Waals surface area contributed by atoms with Crippen LogP contribution in [0.5, 0.6) is 0 Å². The molecule has 2 amide bonds. The van der Waals surface area contributed by atoms with Gasteiger partial charge in [0.05, 0.1) is 6.54 Å². The van der Waals surface area contributed by atoms with Crippen LogP contribution in [0.4, 0.5) is 4.79 Å². The lowest BCUT2D eigenvalue weighted by molar-refractivity contribution is -0.143. The number of amides is 2. The summed E-state index contributed by atoms with van der Waals surface area (Å²) in [5.41, 5.74) is 0.360. The van der Waals surface area contributed by atoms with Crippen LogP contribution in [0.3, 0.4) is 0 Å². The van der Waals surface area contributed by atoms with Crippen molar-refractivity contribution in [3.05, 3.63) is 12.2 Å². The van der Waals surface area contributed by atoms with Crippen molar-refractivity contribution in [3.8, 4) is 0 Å². The largest absolute Gasteiger partial charge is 0.457 e. The second-order valence-corrected chi connectivity index (χ2v) is 5.19. The third-order valence-electron chi connectivity index (χ3n) is 3.15. The van der Waals surface area contributed by atoms with Gasteiger partial charge in [-0.3, -0.25) is 0 Å². The van der Waals surface area contributed by atoms with Gasteiger partial charge in [-0.15, -0.1) is 0 Å². The predicted molar refractivity (Wildman–Crippen MR) is 73.8 cm³/mol. The second kappa shape index (κ2) is 7.81. The van der Waals surface area contributed by atoms with E-state index in [0.717, 1.165) is 12.8 Å². The maximum absolute atomic E-state index is 11.7. The molecule has 0 aromatic rings. The summed E-state index contributed by atoms with van der Waals surface area (Å²) in [5, 5.41) is 5.66. The summed E-state index contributed by atoms with van der Waals surface area (Å²) in [6.45, 7) is 7.14. The summed E-state index contributed by atoms with van der Waals surface area (Å²) in [5.74, 6) is -0.429. The zero-order chi connectivity index (χ0) is 14.3. The van der Waals surface area contributed by atoms with Crippen LogP contribution in [0.1, 0.15) is 46.0 Å². The first-order valence-corrected chi connectivity index (χ1v) is 6.90. The van der Waals surface area contributed by atoms with Crippen LogP contribution in [-0.2, 0) is 9.53 Å². The Morgan fingerprint density at radius 3 is 2.53 bits per heavy atom. The highest BCUT2D eigenvalue weighted by Gasteiger charge is 2.16. The van der Waals surface area contributed by atoms with Crippen LogP contribution in [0.25, 0.3) is 0 Å². The minimum Gasteiger partial charge on any atom is -0.457 e. The van der Waals surface area contributed by atoms with E-state index in [-0.39, 0.29) is 18.2 Å². The van der Waals surface area contributed by atoms with Gasteiger partial charge in [0.2, 0.25) is 0 Å². The monoisotopic (exact) mass is 268 g/mol. The maximum atomic E-state index is 11.7. The zero-order valence-electron chi connectivity index (χ0n) is 11.8. The minimum absolute atomic E-state index is 0.190. The lowest BCUT2D eigenvalue weighted by atomic mass is 9.96. The van der Waals surface area contributed by atoms with E-state index in [9.17, 15) is 9.59 Å². The molecule has 5 heteroatoms. The fourth-order valence-electron chi connectivity index (χ4n) is 2.04. The van der Waals surface area contributed by atoms with Crippen LogP contribution in [0.2, 0.25) is 0 Å².